The minimum Gasteiger partial charge on any atom is -0.453 e. The van der Waals surface area contributed by atoms with E-state index in [2.05, 4.69) is 63.8 Å². The number of amides is 3. The summed E-state index contributed by atoms with van der Waals surface area (Å²) in [5, 5.41) is 2.81. The van der Waals surface area contributed by atoms with E-state index in [9.17, 15) is 14.4 Å². The molecule has 0 radical (unpaired) electrons. The zero-order valence-corrected chi connectivity index (χ0v) is 31.1. The molecule has 5 heterocycles. The fourth-order valence-electron chi connectivity index (χ4n) is 8.32. The Morgan fingerprint density at radius 1 is 0.745 bits per heavy atom. The standard InChI is InChI=1S/C43H47N7O5/c1-54-43(53)48-39(33-19-23-55-24-20-33)42(52)50-22-6-10-37(50)41-45-27-35(47-41)32-17-13-30(14-18-32)29-11-15-31(16-12-29)34-26-44-40(46-34)36-9-5-21-49(36)38(51)25-28-7-3-2-4-8-28/h2-4,7-8,11-18,26-27,33,36-37,39H,5-6,9-10,19-25H2,1H3,(H,44,46)(H,45,47)(H,48,53)/t36-,37-,39-/m0/s1. The van der Waals surface area contributed by atoms with Crippen molar-refractivity contribution in [2.24, 2.45) is 5.92 Å². The number of carbonyl (C=O) groups excluding carboxylic acids is 3. The normalized spacial score (nSPS) is 19.4. The first-order valence-corrected chi connectivity index (χ1v) is 19.3. The van der Waals surface area contributed by atoms with Crippen LogP contribution in [0.25, 0.3) is 33.6 Å². The van der Waals surface area contributed by atoms with Crippen LogP contribution in [0.2, 0.25) is 0 Å². The van der Waals surface area contributed by atoms with Crippen LogP contribution < -0.4 is 5.32 Å². The molecule has 2 aromatic heterocycles. The third kappa shape index (κ3) is 7.91. The van der Waals surface area contributed by atoms with Gasteiger partial charge in [0.25, 0.3) is 0 Å². The number of H-pyrrole nitrogens is 2. The number of benzene rings is 3. The number of alkyl carbamates (subject to hydrolysis) is 1. The lowest BCUT2D eigenvalue weighted by Crippen LogP contribution is -2.53. The van der Waals surface area contributed by atoms with Gasteiger partial charge in [0.1, 0.15) is 17.7 Å². The molecule has 55 heavy (non-hydrogen) atoms. The summed E-state index contributed by atoms with van der Waals surface area (Å²) in [6.07, 6.45) is 8.39. The van der Waals surface area contributed by atoms with E-state index < -0.39 is 12.1 Å². The van der Waals surface area contributed by atoms with Gasteiger partial charge in [-0.15, -0.1) is 0 Å². The monoisotopic (exact) mass is 741 g/mol. The van der Waals surface area contributed by atoms with Crippen LogP contribution in [-0.2, 0) is 25.5 Å². The summed E-state index contributed by atoms with van der Waals surface area (Å²) in [5.74, 6) is 1.59. The fourth-order valence-corrected chi connectivity index (χ4v) is 8.32. The summed E-state index contributed by atoms with van der Waals surface area (Å²) in [4.78, 5) is 59.6. The Morgan fingerprint density at radius 2 is 1.27 bits per heavy atom. The number of nitrogens with zero attached hydrogens (tertiary/aromatic N) is 4. The lowest BCUT2D eigenvalue weighted by atomic mass is 9.90. The maximum Gasteiger partial charge on any atom is 0.407 e. The average molecular weight is 742 g/mol. The van der Waals surface area contributed by atoms with Crippen LogP contribution in [0.5, 0.6) is 0 Å². The molecule has 5 aromatic rings. The predicted octanol–water partition coefficient (Wildman–Crippen LogP) is 6.85. The van der Waals surface area contributed by atoms with Gasteiger partial charge in [0.15, 0.2) is 0 Å². The van der Waals surface area contributed by atoms with Crippen molar-refractivity contribution >= 4 is 17.9 Å². The fraction of sp³-hybridized carbons (Fsp3) is 0.372. The lowest BCUT2D eigenvalue weighted by molar-refractivity contribution is -0.137. The van der Waals surface area contributed by atoms with Gasteiger partial charge in [-0.05, 0) is 72.3 Å². The van der Waals surface area contributed by atoms with Gasteiger partial charge in [0.05, 0.1) is 49.4 Å². The van der Waals surface area contributed by atoms with Gasteiger partial charge in [-0.25, -0.2) is 14.8 Å². The maximum absolute atomic E-state index is 13.9. The average Bonchev–Trinajstić information content (AvgIpc) is 4.08. The van der Waals surface area contributed by atoms with E-state index in [1.807, 2.05) is 52.5 Å². The Hall–Kier alpha value is -5.75. The van der Waals surface area contributed by atoms with E-state index in [1.165, 1.54) is 7.11 Å². The number of ether oxygens (including phenoxy) is 2. The molecule has 3 atom stereocenters. The van der Waals surface area contributed by atoms with Crippen LogP contribution in [0.4, 0.5) is 4.79 Å². The van der Waals surface area contributed by atoms with Gasteiger partial charge in [0, 0.05) is 26.3 Å². The van der Waals surface area contributed by atoms with Crippen LogP contribution in [0.1, 0.15) is 67.8 Å². The molecule has 12 heteroatoms. The first kappa shape index (κ1) is 36.2. The van der Waals surface area contributed by atoms with E-state index >= 15 is 0 Å². The Kier molecular flexibility index (Phi) is 10.8. The van der Waals surface area contributed by atoms with Gasteiger partial charge in [-0.2, -0.15) is 0 Å². The van der Waals surface area contributed by atoms with Crippen molar-refractivity contribution in [1.29, 1.82) is 0 Å². The Morgan fingerprint density at radius 3 is 1.84 bits per heavy atom. The molecule has 3 aliphatic rings. The minimum atomic E-state index is -0.671. The van der Waals surface area contributed by atoms with Gasteiger partial charge >= 0.3 is 6.09 Å². The number of nitrogens with one attached hydrogen (secondary N) is 3. The highest BCUT2D eigenvalue weighted by Gasteiger charge is 2.40. The third-order valence-corrected chi connectivity index (χ3v) is 11.3. The van der Waals surface area contributed by atoms with Crippen molar-refractivity contribution in [2.45, 2.75) is 63.1 Å². The number of rotatable bonds is 10. The molecule has 3 N–H and O–H groups in total. The Labute approximate surface area is 320 Å². The van der Waals surface area contributed by atoms with Gasteiger partial charge in [0.2, 0.25) is 11.8 Å². The largest absolute Gasteiger partial charge is 0.453 e. The summed E-state index contributed by atoms with van der Waals surface area (Å²) in [5.41, 5.74) is 7.03. The van der Waals surface area contributed by atoms with Crippen molar-refractivity contribution < 1.29 is 23.9 Å². The molecule has 12 nitrogen and oxygen atoms in total. The van der Waals surface area contributed by atoms with Crippen LogP contribution in [0.15, 0.2) is 91.3 Å². The molecule has 3 aliphatic heterocycles. The summed E-state index contributed by atoms with van der Waals surface area (Å²) in [6, 6.07) is 25.7. The van der Waals surface area contributed by atoms with E-state index in [1.54, 1.807) is 0 Å². The second-order valence-electron chi connectivity index (χ2n) is 14.7. The maximum atomic E-state index is 13.9. The van der Waals surface area contributed by atoms with Crippen LogP contribution in [0.3, 0.4) is 0 Å². The molecule has 0 spiro atoms. The first-order valence-electron chi connectivity index (χ1n) is 19.3. The van der Waals surface area contributed by atoms with Gasteiger partial charge in [-0.3, -0.25) is 9.59 Å². The number of aromatic amines is 2. The van der Waals surface area contributed by atoms with E-state index in [0.29, 0.717) is 39.0 Å². The molecule has 284 valence electrons. The smallest absolute Gasteiger partial charge is 0.407 e. The highest BCUT2D eigenvalue weighted by molar-refractivity contribution is 5.86. The lowest BCUT2D eigenvalue weighted by Gasteiger charge is -2.34. The molecule has 8 rings (SSSR count). The number of hydrogen-bond acceptors (Lipinski definition) is 7. The summed E-state index contributed by atoms with van der Waals surface area (Å²) >= 11 is 0. The zero-order valence-electron chi connectivity index (χ0n) is 31.1. The topological polar surface area (TPSA) is 146 Å². The quantitative estimate of drug-likeness (QED) is 0.142. The van der Waals surface area contributed by atoms with Crippen molar-refractivity contribution in [2.75, 3.05) is 33.4 Å². The molecular formula is C43H47N7O5. The molecule has 3 saturated heterocycles. The summed E-state index contributed by atoms with van der Waals surface area (Å²) in [6.45, 7) is 2.49. The zero-order chi connectivity index (χ0) is 37.7. The number of methoxy groups -OCH3 is 1. The molecule has 0 bridgehead atoms. The highest BCUT2D eigenvalue weighted by atomic mass is 16.5. The van der Waals surface area contributed by atoms with E-state index in [-0.39, 0.29) is 29.8 Å². The number of imidazole rings is 2. The molecule has 3 amide bonds. The SMILES string of the molecule is COC(=O)N[C@H](C(=O)N1CCC[C@H]1c1ncc(-c2ccc(-c3ccc(-c4cnc([C@@H]5CCCN5C(=O)Cc5ccccc5)[nH]4)cc3)cc2)[nH]1)C1CCOCC1. The number of carbonyl (C=O) groups is 3. The summed E-state index contributed by atoms with van der Waals surface area (Å²) in [7, 11) is 1.31. The van der Waals surface area contributed by atoms with Crippen molar-refractivity contribution in [3.8, 4) is 33.6 Å². The van der Waals surface area contributed by atoms with E-state index in [0.717, 1.165) is 83.1 Å². The van der Waals surface area contributed by atoms with Crippen LogP contribution in [-0.4, -0.2) is 87.1 Å². The van der Waals surface area contributed by atoms with Gasteiger partial charge in [-0.1, -0.05) is 78.9 Å². The van der Waals surface area contributed by atoms with Gasteiger partial charge < -0.3 is 34.6 Å². The Bertz CT molecular complexity index is 2090. The van der Waals surface area contributed by atoms with Crippen LogP contribution in [0, 0.1) is 5.92 Å². The molecule has 0 unspecified atom stereocenters. The molecule has 0 saturated carbocycles. The third-order valence-electron chi connectivity index (χ3n) is 11.3. The van der Waals surface area contributed by atoms with Crippen molar-refractivity contribution in [3.63, 3.8) is 0 Å². The van der Waals surface area contributed by atoms with Crippen molar-refractivity contribution in [3.05, 3.63) is 108 Å². The first-order chi connectivity index (χ1) is 26.9. The van der Waals surface area contributed by atoms with Crippen LogP contribution >= 0.6 is 0 Å². The van der Waals surface area contributed by atoms with Crippen molar-refractivity contribution in [1.82, 2.24) is 35.1 Å². The number of likely N-dealkylation sites (tertiary alicyclic amines) is 2. The number of hydrogen-bond donors (Lipinski definition) is 3. The summed E-state index contributed by atoms with van der Waals surface area (Å²) < 4.78 is 10.4. The molecule has 3 fully saturated rings. The predicted molar refractivity (Wildman–Crippen MR) is 207 cm³/mol. The van der Waals surface area contributed by atoms with E-state index in [4.69, 9.17) is 19.4 Å². The molecular weight excluding hydrogens is 695 g/mol. The molecule has 3 aromatic carbocycles. The highest BCUT2D eigenvalue weighted by Crippen LogP contribution is 2.35. The second-order valence-corrected chi connectivity index (χ2v) is 14.7. The second kappa shape index (κ2) is 16.3. The molecule has 0 aliphatic carbocycles. The Balaban J connectivity index is 0.912. The minimum absolute atomic E-state index is 0.0153. The number of aromatic nitrogens is 4.